The molecule has 0 aliphatic heterocycles. The fraction of sp³-hybridized carbons (Fsp3) is 0. The lowest BCUT2D eigenvalue weighted by Crippen LogP contribution is -2.31. The molecule has 0 saturated carbocycles. The van der Waals surface area contributed by atoms with Crippen LogP contribution in [-0.2, 0) is 0 Å². The molecule has 2 aromatic carbocycles. The zero-order chi connectivity index (χ0) is 13.7. The van der Waals surface area contributed by atoms with Crippen LogP contribution in [0.5, 0.6) is 0 Å². The minimum absolute atomic E-state index is 0.657. The van der Waals surface area contributed by atoms with Crippen molar-refractivity contribution < 1.29 is 0 Å². The monoisotopic (exact) mass is 258 g/mol. The number of hydrogen-bond donors (Lipinski definition) is 0. The SMILES string of the molecule is C#Cc1cccc(C#C)c1[SiH2]c1ccc(C=C)cc1. The molecule has 0 fully saturated rings. The maximum atomic E-state index is 5.56. The van der Waals surface area contributed by atoms with E-state index in [1.165, 1.54) is 10.4 Å². The van der Waals surface area contributed by atoms with Gasteiger partial charge in [-0.2, -0.15) is 0 Å². The molecular formula is C18H14Si. The summed E-state index contributed by atoms with van der Waals surface area (Å²) in [6, 6.07) is 14.3. The number of benzene rings is 2. The van der Waals surface area contributed by atoms with Gasteiger partial charge in [-0.15, -0.1) is 12.8 Å². The summed E-state index contributed by atoms with van der Waals surface area (Å²) in [5.74, 6) is 5.47. The standard InChI is InChI=1S/C18H14Si/c1-4-14-10-12-17(13-11-14)19-18-15(5-2)8-7-9-16(18)6-3/h2-4,7-13H,1,19H2. The van der Waals surface area contributed by atoms with E-state index < -0.39 is 9.52 Å². The van der Waals surface area contributed by atoms with Crippen molar-refractivity contribution in [3.63, 3.8) is 0 Å². The van der Waals surface area contributed by atoms with E-state index in [-0.39, 0.29) is 0 Å². The van der Waals surface area contributed by atoms with Gasteiger partial charge < -0.3 is 0 Å². The van der Waals surface area contributed by atoms with Crippen molar-refractivity contribution in [3.8, 4) is 24.7 Å². The molecule has 0 N–H and O–H groups in total. The predicted octanol–water partition coefficient (Wildman–Crippen LogP) is 1.41. The van der Waals surface area contributed by atoms with E-state index in [0.29, 0.717) is 0 Å². The van der Waals surface area contributed by atoms with Crippen LogP contribution in [0.4, 0.5) is 0 Å². The minimum atomic E-state index is -0.657. The van der Waals surface area contributed by atoms with Crippen LogP contribution in [0.1, 0.15) is 16.7 Å². The van der Waals surface area contributed by atoms with Crippen molar-refractivity contribution in [2.75, 3.05) is 0 Å². The van der Waals surface area contributed by atoms with Crippen LogP contribution in [0.25, 0.3) is 6.08 Å². The van der Waals surface area contributed by atoms with Gasteiger partial charge in [-0.1, -0.05) is 60.0 Å². The molecule has 1 heteroatoms. The van der Waals surface area contributed by atoms with Crippen molar-refractivity contribution >= 4 is 26.0 Å². The molecule has 2 aromatic rings. The lowest BCUT2D eigenvalue weighted by atomic mass is 10.1. The smallest absolute Gasteiger partial charge is 0.0907 e. The van der Waals surface area contributed by atoms with Crippen LogP contribution in [-0.4, -0.2) is 9.52 Å². The lowest BCUT2D eigenvalue weighted by molar-refractivity contribution is 1.65. The van der Waals surface area contributed by atoms with Gasteiger partial charge >= 0.3 is 0 Å². The highest BCUT2D eigenvalue weighted by atomic mass is 28.2. The largest absolute Gasteiger partial charge is 0.115 e. The molecule has 0 aliphatic rings. The zero-order valence-electron chi connectivity index (χ0n) is 10.7. The van der Waals surface area contributed by atoms with E-state index in [4.69, 9.17) is 12.8 Å². The second kappa shape index (κ2) is 5.91. The molecule has 0 saturated heterocycles. The zero-order valence-corrected chi connectivity index (χ0v) is 12.1. The number of hydrogen-bond acceptors (Lipinski definition) is 0. The summed E-state index contributed by atoms with van der Waals surface area (Å²) < 4.78 is 0. The van der Waals surface area contributed by atoms with Gasteiger partial charge in [-0.05, 0) is 22.9 Å². The highest BCUT2D eigenvalue weighted by Crippen LogP contribution is 2.01. The molecule has 0 bridgehead atoms. The van der Waals surface area contributed by atoms with Crippen molar-refractivity contribution in [1.29, 1.82) is 0 Å². The highest BCUT2D eigenvalue weighted by molar-refractivity contribution is 6.68. The lowest BCUT2D eigenvalue weighted by Gasteiger charge is -2.08. The van der Waals surface area contributed by atoms with Crippen LogP contribution in [0.3, 0.4) is 0 Å². The van der Waals surface area contributed by atoms with E-state index in [2.05, 4.69) is 42.7 Å². The summed E-state index contributed by atoms with van der Waals surface area (Å²) in [6.07, 6.45) is 13.0. The first-order valence-corrected chi connectivity index (χ1v) is 7.46. The van der Waals surface area contributed by atoms with Crippen molar-refractivity contribution in [2.24, 2.45) is 0 Å². The average Bonchev–Trinajstić information content (AvgIpc) is 2.48. The Labute approximate surface area is 117 Å². The molecule has 0 aliphatic carbocycles. The van der Waals surface area contributed by atoms with Crippen molar-refractivity contribution in [1.82, 2.24) is 0 Å². The Hall–Kier alpha value is -2.48. The Morgan fingerprint density at radius 3 is 2.00 bits per heavy atom. The van der Waals surface area contributed by atoms with E-state index in [0.717, 1.165) is 16.7 Å². The van der Waals surface area contributed by atoms with E-state index in [9.17, 15) is 0 Å². The second-order valence-corrected chi connectivity index (χ2v) is 6.12. The van der Waals surface area contributed by atoms with E-state index in [1.807, 2.05) is 24.3 Å². The Kier molecular flexibility index (Phi) is 4.03. The van der Waals surface area contributed by atoms with Gasteiger partial charge in [0.15, 0.2) is 0 Å². The first-order chi connectivity index (χ1) is 9.28. The first kappa shape index (κ1) is 13.0. The number of terminal acetylenes is 2. The molecule has 0 amide bonds. The van der Waals surface area contributed by atoms with Crippen LogP contribution in [0.15, 0.2) is 49.0 Å². The molecule has 0 unspecified atom stereocenters. The van der Waals surface area contributed by atoms with Gasteiger partial charge in [0.25, 0.3) is 0 Å². The Balaban J connectivity index is 2.40. The highest BCUT2D eigenvalue weighted by Gasteiger charge is 2.07. The van der Waals surface area contributed by atoms with Crippen LogP contribution in [0.2, 0.25) is 0 Å². The van der Waals surface area contributed by atoms with Crippen molar-refractivity contribution in [2.45, 2.75) is 0 Å². The summed E-state index contributed by atoms with van der Waals surface area (Å²) in [7, 11) is -0.657. The molecule has 0 heterocycles. The maximum absolute atomic E-state index is 5.56. The van der Waals surface area contributed by atoms with Gasteiger partial charge in [0.05, 0.1) is 9.52 Å². The quantitative estimate of drug-likeness (QED) is 0.577. The Morgan fingerprint density at radius 1 is 0.947 bits per heavy atom. The van der Waals surface area contributed by atoms with Gasteiger partial charge in [0.1, 0.15) is 0 Å². The molecular weight excluding hydrogens is 244 g/mol. The summed E-state index contributed by atoms with van der Waals surface area (Å²) in [5.41, 5.74) is 2.98. The fourth-order valence-electron chi connectivity index (χ4n) is 2.02. The molecule has 0 radical (unpaired) electrons. The van der Waals surface area contributed by atoms with E-state index >= 15 is 0 Å². The average molecular weight is 258 g/mol. The van der Waals surface area contributed by atoms with Crippen LogP contribution in [0, 0.1) is 24.7 Å². The third kappa shape index (κ3) is 2.85. The van der Waals surface area contributed by atoms with Gasteiger partial charge in [0.2, 0.25) is 0 Å². The van der Waals surface area contributed by atoms with Crippen LogP contribution < -0.4 is 10.4 Å². The molecule has 0 aromatic heterocycles. The third-order valence-corrected chi connectivity index (χ3v) is 5.08. The van der Waals surface area contributed by atoms with Crippen LogP contribution >= 0.6 is 0 Å². The molecule has 19 heavy (non-hydrogen) atoms. The first-order valence-electron chi connectivity index (χ1n) is 6.05. The third-order valence-electron chi connectivity index (χ3n) is 3.08. The topological polar surface area (TPSA) is 0 Å². The van der Waals surface area contributed by atoms with Gasteiger partial charge in [-0.3, -0.25) is 0 Å². The number of rotatable bonds is 3. The molecule has 0 atom stereocenters. The molecule has 90 valence electrons. The summed E-state index contributed by atoms with van der Waals surface area (Å²) >= 11 is 0. The summed E-state index contributed by atoms with van der Waals surface area (Å²) in [6.45, 7) is 3.76. The second-order valence-electron chi connectivity index (χ2n) is 4.24. The summed E-state index contributed by atoms with van der Waals surface area (Å²) in [5, 5.41) is 2.50. The molecule has 0 spiro atoms. The fourth-order valence-corrected chi connectivity index (χ4v) is 3.72. The predicted molar refractivity (Wildman–Crippen MR) is 86.7 cm³/mol. The van der Waals surface area contributed by atoms with Gasteiger partial charge in [0, 0.05) is 11.1 Å². The molecule has 0 nitrogen and oxygen atoms in total. The van der Waals surface area contributed by atoms with E-state index in [1.54, 1.807) is 0 Å². The van der Waals surface area contributed by atoms with Gasteiger partial charge in [-0.25, -0.2) is 0 Å². The normalized spacial score (nSPS) is 10.0. The summed E-state index contributed by atoms with van der Waals surface area (Å²) in [4.78, 5) is 0. The molecule has 2 rings (SSSR count). The Bertz CT molecular complexity index is 647. The maximum Gasteiger partial charge on any atom is 0.0907 e. The minimum Gasteiger partial charge on any atom is -0.115 e. The Morgan fingerprint density at radius 2 is 1.53 bits per heavy atom. The van der Waals surface area contributed by atoms with Crippen molar-refractivity contribution in [3.05, 3.63) is 65.7 Å².